The molecule has 1 N–H and O–H groups in total. The molecule has 4 nitrogen and oxygen atoms in total. The lowest BCUT2D eigenvalue weighted by molar-refractivity contribution is 0.309. The normalized spacial score (nSPS) is 10.6. The molecule has 0 bridgehead atoms. The van der Waals surface area contributed by atoms with Gasteiger partial charge in [0.05, 0.1) is 6.61 Å². The topological polar surface area (TPSA) is 42.8 Å². The molecule has 1 aromatic carbocycles. The Bertz CT molecular complexity index is 561. The fraction of sp³-hybridized carbons (Fsp3) is 0.333. The highest BCUT2D eigenvalue weighted by Gasteiger charge is 2.02. The van der Waals surface area contributed by atoms with E-state index in [0.29, 0.717) is 16.4 Å². The number of aromatic amines is 1. The van der Waals surface area contributed by atoms with Crippen LogP contribution in [0.15, 0.2) is 24.3 Å². The minimum absolute atomic E-state index is 0.640. The highest BCUT2D eigenvalue weighted by Crippen LogP contribution is 2.15. The molecule has 0 spiro atoms. The van der Waals surface area contributed by atoms with Gasteiger partial charge in [-0.3, -0.25) is 5.10 Å². The van der Waals surface area contributed by atoms with Crippen LogP contribution in [0.3, 0.4) is 0 Å². The maximum atomic E-state index is 5.79. The second-order valence-corrected chi connectivity index (χ2v) is 4.73. The predicted octanol–water partition coefficient (Wildman–Crippen LogP) is 3.14. The second kappa shape index (κ2) is 6.02. The number of nitrogens with zero attached hydrogens (tertiary/aromatic N) is 2. The van der Waals surface area contributed by atoms with Gasteiger partial charge in [-0.15, -0.1) is 0 Å². The fourth-order valence-electron chi connectivity index (χ4n) is 1.55. The number of halogens is 1. The minimum Gasteiger partial charge on any atom is -0.494 e. The molecule has 0 atom stereocenters. The molecule has 0 fully saturated rings. The summed E-state index contributed by atoms with van der Waals surface area (Å²) in [5, 5.41) is 7.62. The van der Waals surface area contributed by atoms with Crippen molar-refractivity contribution in [2.75, 3.05) is 6.61 Å². The number of nitrogens with one attached hydrogen (secondary N) is 1. The summed E-state index contributed by atoms with van der Waals surface area (Å²) in [5.74, 6) is 1.77. The Labute approximate surface area is 116 Å². The highest BCUT2D eigenvalue weighted by atomic mass is 35.5. The molecule has 2 rings (SSSR count). The molecule has 0 unspecified atom stereocenters. The van der Waals surface area contributed by atoms with Gasteiger partial charge in [-0.25, -0.2) is 0 Å². The smallest absolute Gasteiger partial charge is 0.194 e. The Hall–Kier alpha value is -1.33. The van der Waals surface area contributed by atoms with E-state index in [1.54, 1.807) is 0 Å². The number of rotatable bonds is 5. The summed E-state index contributed by atoms with van der Waals surface area (Å²) >= 11 is 10.8. The predicted molar refractivity (Wildman–Crippen MR) is 73.7 cm³/mol. The molecule has 0 radical (unpaired) electrons. The Kier molecular flexibility index (Phi) is 4.38. The number of benzene rings is 1. The monoisotopic (exact) mass is 283 g/mol. The van der Waals surface area contributed by atoms with Crippen LogP contribution >= 0.6 is 23.8 Å². The molecule has 1 heterocycles. The van der Waals surface area contributed by atoms with Crippen LogP contribution in [-0.4, -0.2) is 21.4 Å². The third-order valence-corrected chi connectivity index (χ3v) is 3.22. The van der Waals surface area contributed by atoms with Crippen LogP contribution in [0.2, 0.25) is 5.02 Å². The van der Waals surface area contributed by atoms with Crippen LogP contribution in [0.1, 0.15) is 12.2 Å². The maximum Gasteiger partial charge on any atom is 0.194 e. The first-order valence-corrected chi connectivity index (χ1v) is 6.44. The standard InChI is InChI=1S/C12H14ClN3OS/c1-16-11(14-15-12(16)18)3-2-8-17-10-6-4-9(13)5-7-10/h4-7H,2-3,8H2,1H3,(H,15,18). The van der Waals surface area contributed by atoms with Gasteiger partial charge in [0.2, 0.25) is 0 Å². The van der Waals surface area contributed by atoms with Crippen molar-refractivity contribution in [2.24, 2.45) is 7.05 Å². The van der Waals surface area contributed by atoms with E-state index in [1.165, 1.54) is 0 Å². The molecule has 0 saturated heterocycles. The number of hydrogen-bond acceptors (Lipinski definition) is 3. The molecular weight excluding hydrogens is 270 g/mol. The van der Waals surface area contributed by atoms with Crippen molar-refractivity contribution < 1.29 is 4.74 Å². The Morgan fingerprint density at radius 1 is 1.39 bits per heavy atom. The van der Waals surface area contributed by atoms with Gasteiger partial charge in [0, 0.05) is 18.5 Å². The van der Waals surface area contributed by atoms with Crippen molar-refractivity contribution >= 4 is 23.8 Å². The number of hydrogen-bond donors (Lipinski definition) is 1. The van der Waals surface area contributed by atoms with Crippen LogP contribution in [0.4, 0.5) is 0 Å². The lowest BCUT2D eigenvalue weighted by atomic mass is 10.3. The van der Waals surface area contributed by atoms with E-state index in [2.05, 4.69) is 10.2 Å². The summed E-state index contributed by atoms with van der Waals surface area (Å²) in [7, 11) is 1.90. The molecule has 0 aliphatic heterocycles. The molecule has 1 aromatic heterocycles. The molecule has 0 amide bonds. The molecule has 0 aliphatic carbocycles. The van der Waals surface area contributed by atoms with Gasteiger partial charge in [-0.2, -0.15) is 5.10 Å². The van der Waals surface area contributed by atoms with Gasteiger partial charge in [-0.1, -0.05) is 11.6 Å². The molecule has 0 aliphatic rings. The first kappa shape index (κ1) is 13.1. The van der Waals surface area contributed by atoms with E-state index in [4.69, 9.17) is 28.6 Å². The first-order valence-electron chi connectivity index (χ1n) is 5.65. The van der Waals surface area contributed by atoms with E-state index in [0.717, 1.165) is 24.4 Å². The Morgan fingerprint density at radius 3 is 2.72 bits per heavy atom. The zero-order valence-electron chi connectivity index (χ0n) is 10.0. The van der Waals surface area contributed by atoms with Crippen LogP contribution in [0.5, 0.6) is 5.75 Å². The SMILES string of the molecule is Cn1c(CCCOc2ccc(Cl)cc2)n[nH]c1=S. The number of H-pyrrole nitrogens is 1. The maximum absolute atomic E-state index is 5.79. The number of aromatic nitrogens is 3. The lowest BCUT2D eigenvalue weighted by Gasteiger charge is -2.05. The molecule has 2 aromatic rings. The Balaban J connectivity index is 1.78. The second-order valence-electron chi connectivity index (χ2n) is 3.91. The summed E-state index contributed by atoms with van der Waals surface area (Å²) in [6.07, 6.45) is 1.72. The summed E-state index contributed by atoms with van der Waals surface area (Å²) in [6, 6.07) is 7.35. The van der Waals surface area contributed by atoms with Gasteiger partial charge < -0.3 is 9.30 Å². The summed E-state index contributed by atoms with van der Waals surface area (Å²) in [6.45, 7) is 0.640. The third-order valence-electron chi connectivity index (χ3n) is 2.60. The average Bonchev–Trinajstić information content (AvgIpc) is 2.68. The van der Waals surface area contributed by atoms with E-state index < -0.39 is 0 Å². The van der Waals surface area contributed by atoms with E-state index in [-0.39, 0.29) is 0 Å². The minimum atomic E-state index is 0.640. The van der Waals surface area contributed by atoms with Crippen LogP contribution in [0.25, 0.3) is 0 Å². The molecular formula is C12H14ClN3OS. The van der Waals surface area contributed by atoms with Crippen molar-refractivity contribution in [3.8, 4) is 5.75 Å². The molecule has 18 heavy (non-hydrogen) atoms. The zero-order chi connectivity index (χ0) is 13.0. The van der Waals surface area contributed by atoms with Gasteiger partial charge >= 0.3 is 0 Å². The van der Waals surface area contributed by atoms with Crippen LogP contribution < -0.4 is 4.74 Å². The highest BCUT2D eigenvalue weighted by molar-refractivity contribution is 7.71. The summed E-state index contributed by atoms with van der Waals surface area (Å²) in [4.78, 5) is 0. The molecule has 0 saturated carbocycles. The quantitative estimate of drug-likeness (QED) is 0.677. The van der Waals surface area contributed by atoms with E-state index in [1.807, 2.05) is 35.9 Å². The van der Waals surface area contributed by atoms with Crippen LogP contribution in [-0.2, 0) is 13.5 Å². The third kappa shape index (κ3) is 3.34. The van der Waals surface area contributed by atoms with Gasteiger partial charge in [0.1, 0.15) is 11.6 Å². The van der Waals surface area contributed by atoms with Gasteiger partial charge in [0.25, 0.3) is 0 Å². The van der Waals surface area contributed by atoms with Gasteiger partial charge in [-0.05, 0) is 42.9 Å². The molecule has 96 valence electrons. The van der Waals surface area contributed by atoms with Crippen LogP contribution in [0, 0.1) is 4.77 Å². The number of ether oxygens (including phenoxy) is 1. The van der Waals surface area contributed by atoms with Crippen molar-refractivity contribution in [2.45, 2.75) is 12.8 Å². The lowest BCUT2D eigenvalue weighted by Crippen LogP contribution is -2.03. The van der Waals surface area contributed by atoms with Crippen molar-refractivity contribution in [3.63, 3.8) is 0 Å². The Morgan fingerprint density at radius 2 is 2.11 bits per heavy atom. The van der Waals surface area contributed by atoms with Crippen molar-refractivity contribution in [1.29, 1.82) is 0 Å². The summed E-state index contributed by atoms with van der Waals surface area (Å²) < 4.78 is 8.11. The number of aryl methyl sites for hydroxylation is 1. The van der Waals surface area contributed by atoms with E-state index >= 15 is 0 Å². The van der Waals surface area contributed by atoms with Crippen molar-refractivity contribution in [3.05, 3.63) is 39.9 Å². The zero-order valence-corrected chi connectivity index (χ0v) is 11.6. The largest absolute Gasteiger partial charge is 0.494 e. The van der Waals surface area contributed by atoms with E-state index in [9.17, 15) is 0 Å². The molecule has 6 heteroatoms. The van der Waals surface area contributed by atoms with Crippen molar-refractivity contribution in [1.82, 2.24) is 14.8 Å². The fourth-order valence-corrected chi connectivity index (χ4v) is 1.83. The summed E-state index contributed by atoms with van der Waals surface area (Å²) in [5.41, 5.74) is 0. The first-order chi connectivity index (χ1) is 8.66. The van der Waals surface area contributed by atoms with Gasteiger partial charge in [0.15, 0.2) is 4.77 Å². The average molecular weight is 284 g/mol.